The Morgan fingerprint density at radius 3 is 2.48 bits per heavy atom. The molecule has 3 heteroatoms. The van der Waals surface area contributed by atoms with Crippen LogP contribution in [0, 0.1) is 40.4 Å². The maximum atomic E-state index is 10.4. The minimum atomic E-state index is -0.437. The lowest BCUT2D eigenvalue weighted by Crippen LogP contribution is -2.73. The van der Waals surface area contributed by atoms with Crippen molar-refractivity contribution < 1.29 is 14.9 Å². The summed E-state index contributed by atoms with van der Waals surface area (Å²) in [6.45, 7) is 16.3. The lowest BCUT2D eigenvalue weighted by atomic mass is 9.42. The van der Waals surface area contributed by atoms with Gasteiger partial charge in [-0.3, -0.25) is 0 Å². The lowest BCUT2D eigenvalue weighted by molar-refractivity contribution is -0.497. The van der Waals surface area contributed by atoms with Gasteiger partial charge in [0.05, 0.1) is 6.10 Å². The SMILES string of the molecule is C=C(CCC(C)C1CCC2C1(C)CCC1C23C=CC2(CC(O)CCC12C)OO3)C(C)C. The molecule has 6 aliphatic rings. The summed E-state index contributed by atoms with van der Waals surface area (Å²) in [6, 6.07) is 0. The molecule has 4 fully saturated rings. The zero-order chi connectivity index (χ0) is 22.2. The second kappa shape index (κ2) is 7.18. The molecule has 9 unspecified atom stereocenters. The van der Waals surface area contributed by atoms with Gasteiger partial charge in [-0.25, -0.2) is 9.78 Å². The molecule has 2 spiro atoms. The van der Waals surface area contributed by atoms with E-state index in [0.717, 1.165) is 31.1 Å². The fourth-order valence-corrected chi connectivity index (χ4v) is 8.98. The number of aliphatic hydroxyl groups is 1. The van der Waals surface area contributed by atoms with Crippen molar-refractivity contribution in [2.75, 3.05) is 0 Å². The minimum Gasteiger partial charge on any atom is -0.393 e. The molecule has 0 radical (unpaired) electrons. The Kier molecular flexibility index (Phi) is 5.13. The fraction of sp³-hybridized carbons (Fsp3) is 0.857. The Hall–Kier alpha value is -0.640. The van der Waals surface area contributed by atoms with Crippen molar-refractivity contribution >= 4 is 0 Å². The highest BCUT2D eigenvalue weighted by atomic mass is 17.2. The Morgan fingerprint density at radius 2 is 1.81 bits per heavy atom. The third kappa shape index (κ3) is 2.88. The van der Waals surface area contributed by atoms with Crippen molar-refractivity contribution in [1.82, 2.24) is 0 Å². The summed E-state index contributed by atoms with van der Waals surface area (Å²) in [6.07, 6.45) is 14.5. The van der Waals surface area contributed by atoms with Crippen LogP contribution < -0.4 is 0 Å². The fourth-order valence-electron chi connectivity index (χ4n) is 8.98. The molecule has 2 aliphatic heterocycles. The minimum absolute atomic E-state index is 0.0687. The summed E-state index contributed by atoms with van der Waals surface area (Å²) in [5, 5.41) is 10.4. The molecule has 9 atom stereocenters. The van der Waals surface area contributed by atoms with Crippen LogP contribution in [0.2, 0.25) is 0 Å². The van der Waals surface area contributed by atoms with Crippen LogP contribution in [0.4, 0.5) is 0 Å². The summed E-state index contributed by atoms with van der Waals surface area (Å²) >= 11 is 0. The number of fused-ring (bicyclic) bond motifs is 2. The molecule has 3 nitrogen and oxygen atoms in total. The van der Waals surface area contributed by atoms with Crippen LogP contribution in [0.25, 0.3) is 0 Å². The second-order valence-electron chi connectivity index (χ2n) is 12.7. The molecule has 6 rings (SSSR count). The number of rotatable bonds is 5. The van der Waals surface area contributed by atoms with E-state index in [2.05, 4.69) is 53.3 Å². The molecule has 0 aromatic rings. The van der Waals surface area contributed by atoms with E-state index in [0.29, 0.717) is 29.6 Å². The van der Waals surface area contributed by atoms with Crippen LogP contribution in [0.3, 0.4) is 0 Å². The van der Waals surface area contributed by atoms with Gasteiger partial charge in [-0.2, -0.15) is 0 Å². The van der Waals surface area contributed by atoms with Crippen molar-refractivity contribution in [2.24, 2.45) is 40.4 Å². The van der Waals surface area contributed by atoms with E-state index in [4.69, 9.17) is 9.78 Å². The zero-order valence-electron chi connectivity index (χ0n) is 20.5. The van der Waals surface area contributed by atoms with Gasteiger partial charge >= 0.3 is 0 Å². The van der Waals surface area contributed by atoms with E-state index in [9.17, 15) is 5.11 Å². The molecule has 0 amide bonds. The van der Waals surface area contributed by atoms with Gasteiger partial charge in [-0.15, -0.1) is 0 Å². The van der Waals surface area contributed by atoms with E-state index >= 15 is 0 Å². The van der Waals surface area contributed by atoms with Crippen LogP contribution in [-0.2, 0) is 9.78 Å². The average molecular weight is 429 g/mol. The maximum Gasteiger partial charge on any atom is 0.130 e. The third-order valence-electron chi connectivity index (χ3n) is 11.1. The molecule has 1 N–H and O–H groups in total. The summed E-state index contributed by atoms with van der Waals surface area (Å²) in [4.78, 5) is 12.8. The van der Waals surface area contributed by atoms with Gasteiger partial charge in [0.15, 0.2) is 0 Å². The second-order valence-corrected chi connectivity index (χ2v) is 12.7. The Labute approximate surface area is 189 Å². The molecule has 4 aliphatic carbocycles. The first-order valence-electron chi connectivity index (χ1n) is 13.0. The van der Waals surface area contributed by atoms with Crippen LogP contribution >= 0.6 is 0 Å². The molecule has 0 aromatic carbocycles. The van der Waals surface area contributed by atoms with Crippen molar-refractivity contribution in [3.8, 4) is 0 Å². The Morgan fingerprint density at radius 1 is 1.03 bits per heavy atom. The van der Waals surface area contributed by atoms with Crippen LogP contribution in [0.5, 0.6) is 0 Å². The predicted molar refractivity (Wildman–Crippen MR) is 124 cm³/mol. The van der Waals surface area contributed by atoms with Gasteiger partial charge < -0.3 is 5.11 Å². The van der Waals surface area contributed by atoms with Crippen LogP contribution in [0.1, 0.15) is 92.4 Å². The van der Waals surface area contributed by atoms with Gasteiger partial charge in [0, 0.05) is 23.7 Å². The van der Waals surface area contributed by atoms with E-state index < -0.39 is 5.60 Å². The van der Waals surface area contributed by atoms with Crippen molar-refractivity contribution in [2.45, 2.75) is 110 Å². The molecule has 174 valence electrons. The highest BCUT2D eigenvalue weighted by Gasteiger charge is 2.74. The van der Waals surface area contributed by atoms with E-state index in [-0.39, 0.29) is 17.1 Å². The smallest absolute Gasteiger partial charge is 0.130 e. The Bertz CT molecular complexity index is 772. The number of hydrogen-bond donors (Lipinski definition) is 1. The normalized spacial score (nSPS) is 51.3. The van der Waals surface area contributed by atoms with Crippen LogP contribution in [-0.4, -0.2) is 22.4 Å². The number of aliphatic hydroxyl groups excluding tert-OH is 1. The summed E-state index contributed by atoms with van der Waals surface area (Å²) < 4.78 is 0. The van der Waals surface area contributed by atoms with Gasteiger partial charge in [0.25, 0.3) is 0 Å². The predicted octanol–water partition coefficient (Wildman–Crippen LogP) is 6.62. The third-order valence-corrected chi connectivity index (χ3v) is 11.1. The average Bonchev–Trinajstić information content (AvgIpc) is 3.09. The topological polar surface area (TPSA) is 38.7 Å². The zero-order valence-corrected chi connectivity index (χ0v) is 20.5. The van der Waals surface area contributed by atoms with Gasteiger partial charge in [0.2, 0.25) is 0 Å². The molecule has 1 saturated heterocycles. The number of allylic oxidation sites excluding steroid dienone is 1. The highest BCUT2D eigenvalue weighted by molar-refractivity contribution is 5.33. The monoisotopic (exact) mass is 428 g/mol. The van der Waals surface area contributed by atoms with Crippen molar-refractivity contribution in [1.29, 1.82) is 0 Å². The molecule has 3 saturated carbocycles. The van der Waals surface area contributed by atoms with Crippen molar-refractivity contribution in [3.63, 3.8) is 0 Å². The van der Waals surface area contributed by atoms with Gasteiger partial charge in [0.1, 0.15) is 11.2 Å². The van der Waals surface area contributed by atoms with E-state index in [1.165, 1.54) is 37.7 Å². The molecule has 31 heavy (non-hydrogen) atoms. The molecule has 0 aromatic heterocycles. The van der Waals surface area contributed by atoms with Crippen LogP contribution in [0.15, 0.2) is 24.3 Å². The summed E-state index contributed by atoms with van der Waals surface area (Å²) in [5.41, 5.74) is 1.07. The van der Waals surface area contributed by atoms with Crippen molar-refractivity contribution in [3.05, 3.63) is 24.3 Å². The first-order chi connectivity index (χ1) is 14.6. The molecule has 2 bridgehead atoms. The lowest BCUT2D eigenvalue weighted by Gasteiger charge is -2.69. The summed E-state index contributed by atoms with van der Waals surface area (Å²) in [7, 11) is 0. The molecular formula is C28H44O3. The first kappa shape index (κ1) is 22.2. The standard InChI is InChI=1S/C28H44O3/c1-18(2)19(3)7-8-20(4)22-9-10-23-25(22,5)13-12-24-26(6)14-11-21(29)17-27(26)15-16-28(23,24)31-30-27/h15-16,18,20-24,29H,3,7-14,17H2,1-2,4-6H3. The highest BCUT2D eigenvalue weighted by Crippen LogP contribution is 2.72. The quantitative estimate of drug-likeness (QED) is 0.395. The van der Waals surface area contributed by atoms with E-state index in [1.807, 2.05) is 0 Å². The largest absolute Gasteiger partial charge is 0.393 e. The van der Waals surface area contributed by atoms with Gasteiger partial charge in [-0.1, -0.05) is 52.8 Å². The Balaban J connectivity index is 1.42. The maximum absolute atomic E-state index is 10.4. The van der Waals surface area contributed by atoms with E-state index in [1.54, 1.807) is 0 Å². The summed E-state index contributed by atoms with van der Waals surface area (Å²) in [5.74, 6) is 3.08. The number of hydrogen-bond acceptors (Lipinski definition) is 3. The first-order valence-corrected chi connectivity index (χ1v) is 13.0. The molecule has 2 heterocycles. The molecular weight excluding hydrogens is 384 g/mol. The van der Waals surface area contributed by atoms with Gasteiger partial charge in [-0.05, 0) is 80.6 Å².